The maximum Gasteiger partial charge on any atom is 0.311 e. The zero-order valence-electron chi connectivity index (χ0n) is 11.7. The first-order valence-corrected chi connectivity index (χ1v) is 8.05. The second kappa shape index (κ2) is 6.10. The molecular formula is C14H20N2O3S. The van der Waals surface area contributed by atoms with Crippen LogP contribution in [-0.4, -0.2) is 43.4 Å². The molecule has 110 valence electrons. The fraction of sp³-hybridized carbons (Fsp3) is 0.714. The van der Waals surface area contributed by atoms with Crippen molar-refractivity contribution in [2.45, 2.75) is 44.2 Å². The van der Waals surface area contributed by atoms with Crippen LogP contribution >= 0.6 is 11.3 Å². The van der Waals surface area contributed by atoms with Crippen LogP contribution in [0.25, 0.3) is 0 Å². The third kappa shape index (κ3) is 2.81. The largest absolute Gasteiger partial charge is 0.469 e. The molecule has 3 rings (SSSR count). The molecule has 0 N–H and O–H groups in total. The van der Waals surface area contributed by atoms with E-state index in [-0.39, 0.29) is 12.4 Å². The molecule has 1 aromatic heterocycles. The molecule has 0 radical (unpaired) electrons. The van der Waals surface area contributed by atoms with E-state index in [1.165, 1.54) is 26.4 Å². The van der Waals surface area contributed by atoms with Gasteiger partial charge in [-0.15, -0.1) is 11.3 Å². The van der Waals surface area contributed by atoms with Gasteiger partial charge in [0.15, 0.2) is 5.13 Å². The Balaban J connectivity index is 1.72. The summed E-state index contributed by atoms with van der Waals surface area (Å²) in [6.45, 7) is 1.67. The van der Waals surface area contributed by atoms with Crippen molar-refractivity contribution in [3.63, 3.8) is 0 Å². The molecular weight excluding hydrogens is 276 g/mol. The smallest absolute Gasteiger partial charge is 0.311 e. The van der Waals surface area contributed by atoms with Crippen LogP contribution in [0.3, 0.4) is 0 Å². The number of rotatable bonds is 3. The zero-order chi connectivity index (χ0) is 13.9. The molecule has 2 heterocycles. The number of anilines is 1. The molecule has 6 heteroatoms. The third-order valence-corrected chi connectivity index (χ3v) is 5.00. The lowest BCUT2D eigenvalue weighted by molar-refractivity contribution is -0.139. The van der Waals surface area contributed by atoms with Crippen molar-refractivity contribution in [3.05, 3.63) is 11.1 Å². The summed E-state index contributed by atoms with van der Waals surface area (Å²) in [6, 6.07) is 0.453. The van der Waals surface area contributed by atoms with Crippen LogP contribution in [0.1, 0.15) is 31.4 Å². The molecule has 1 saturated heterocycles. The molecule has 2 unspecified atom stereocenters. The van der Waals surface area contributed by atoms with E-state index in [0.29, 0.717) is 12.1 Å². The summed E-state index contributed by atoms with van der Waals surface area (Å²) in [6.07, 6.45) is 5.47. The number of morpholine rings is 1. The number of hydrogen-bond acceptors (Lipinski definition) is 6. The molecule has 20 heavy (non-hydrogen) atoms. The molecule has 5 nitrogen and oxygen atoms in total. The van der Waals surface area contributed by atoms with Gasteiger partial charge in [-0.1, -0.05) is 12.8 Å². The number of ether oxygens (including phenoxy) is 2. The van der Waals surface area contributed by atoms with Gasteiger partial charge in [-0.3, -0.25) is 4.79 Å². The van der Waals surface area contributed by atoms with Crippen molar-refractivity contribution in [1.29, 1.82) is 0 Å². The summed E-state index contributed by atoms with van der Waals surface area (Å²) in [5.41, 5.74) is 0.802. The minimum absolute atomic E-state index is 0.237. The Morgan fingerprint density at radius 3 is 3.25 bits per heavy atom. The van der Waals surface area contributed by atoms with E-state index in [2.05, 4.69) is 14.6 Å². The summed E-state index contributed by atoms with van der Waals surface area (Å²) in [5.74, 6) is -0.237. The molecule has 0 bridgehead atoms. The minimum atomic E-state index is -0.237. The summed E-state index contributed by atoms with van der Waals surface area (Å²) in [4.78, 5) is 18.3. The van der Waals surface area contributed by atoms with Crippen LogP contribution in [0.5, 0.6) is 0 Å². The zero-order valence-corrected chi connectivity index (χ0v) is 12.5. The fourth-order valence-electron chi connectivity index (χ4n) is 3.06. The van der Waals surface area contributed by atoms with Crippen molar-refractivity contribution in [1.82, 2.24) is 4.98 Å². The average Bonchev–Trinajstić information content (AvgIpc) is 2.94. The Morgan fingerprint density at radius 2 is 2.40 bits per heavy atom. The monoisotopic (exact) mass is 296 g/mol. The predicted molar refractivity (Wildman–Crippen MR) is 77.2 cm³/mol. The van der Waals surface area contributed by atoms with Crippen LogP contribution in [0.15, 0.2) is 5.38 Å². The number of methoxy groups -OCH3 is 1. The third-order valence-electron chi connectivity index (χ3n) is 4.07. The van der Waals surface area contributed by atoms with Crippen molar-refractivity contribution in [3.8, 4) is 0 Å². The van der Waals surface area contributed by atoms with Gasteiger partial charge < -0.3 is 14.4 Å². The molecule has 0 spiro atoms. The first kappa shape index (κ1) is 13.8. The predicted octanol–water partition coefficient (Wildman–Crippen LogP) is 2.01. The van der Waals surface area contributed by atoms with E-state index in [1.54, 1.807) is 11.3 Å². The molecule has 1 saturated carbocycles. The number of nitrogens with zero attached hydrogens (tertiary/aromatic N) is 2. The standard InChI is InChI=1S/C14H20N2O3S/c1-18-13(17)8-10-9-20-14(15-10)16-6-7-19-12-5-3-2-4-11(12)16/h9,11-12H,2-8H2,1H3. The SMILES string of the molecule is COC(=O)Cc1csc(N2CCOC3CCCCC32)n1. The van der Waals surface area contributed by atoms with Crippen molar-refractivity contribution >= 4 is 22.4 Å². The fourth-order valence-corrected chi connectivity index (χ4v) is 3.97. The Hall–Kier alpha value is -1.14. The van der Waals surface area contributed by atoms with Gasteiger partial charge in [-0.2, -0.15) is 0 Å². The van der Waals surface area contributed by atoms with Crippen molar-refractivity contribution in [2.24, 2.45) is 0 Å². The van der Waals surface area contributed by atoms with Crippen LogP contribution in [0.4, 0.5) is 5.13 Å². The van der Waals surface area contributed by atoms with Crippen LogP contribution in [0.2, 0.25) is 0 Å². The summed E-state index contributed by atoms with van der Waals surface area (Å²) >= 11 is 1.62. The highest BCUT2D eigenvalue weighted by Gasteiger charge is 2.35. The topological polar surface area (TPSA) is 51.7 Å². The Morgan fingerprint density at radius 1 is 1.55 bits per heavy atom. The number of aromatic nitrogens is 1. The van der Waals surface area contributed by atoms with Crippen LogP contribution in [-0.2, 0) is 20.7 Å². The summed E-state index contributed by atoms with van der Waals surface area (Å²) in [7, 11) is 1.41. The van der Waals surface area contributed by atoms with Crippen molar-refractivity contribution < 1.29 is 14.3 Å². The van der Waals surface area contributed by atoms with Gasteiger partial charge in [0.05, 0.1) is 38.0 Å². The normalized spacial score (nSPS) is 26.1. The maximum absolute atomic E-state index is 11.3. The Labute approximate surface area is 122 Å². The average molecular weight is 296 g/mol. The van der Waals surface area contributed by atoms with E-state index in [9.17, 15) is 4.79 Å². The summed E-state index contributed by atoms with van der Waals surface area (Å²) in [5, 5.41) is 2.98. The number of hydrogen-bond donors (Lipinski definition) is 0. The van der Waals surface area contributed by atoms with Gasteiger partial charge in [-0.05, 0) is 12.8 Å². The molecule has 1 aliphatic heterocycles. The first-order valence-electron chi connectivity index (χ1n) is 7.17. The second-order valence-corrected chi connectivity index (χ2v) is 6.17. The number of carbonyl (C=O) groups is 1. The van der Waals surface area contributed by atoms with Gasteiger partial charge in [0.1, 0.15) is 0 Å². The van der Waals surface area contributed by atoms with E-state index in [0.717, 1.165) is 30.4 Å². The first-order chi connectivity index (χ1) is 9.78. The number of thiazole rings is 1. The van der Waals surface area contributed by atoms with Crippen LogP contribution < -0.4 is 4.90 Å². The number of esters is 1. The Kier molecular flexibility index (Phi) is 4.21. The van der Waals surface area contributed by atoms with Gasteiger partial charge in [0.2, 0.25) is 0 Å². The highest BCUT2D eigenvalue weighted by atomic mass is 32.1. The molecule has 2 atom stereocenters. The van der Waals surface area contributed by atoms with Crippen LogP contribution in [0, 0.1) is 0 Å². The van der Waals surface area contributed by atoms with E-state index >= 15 is 0 Å². The molecule has 0 aromatic carbocycles. The number of fused-ring (bicyclic) bond motifs is 1. The van der Waals surface area contributed by atoms with Gasteiger partial charge in [0, 0.05) is 11.9 Å². The molecule has 2 aliphatic rings. The van der Waals surface area contributed by atoms with Gasteiger partial charge in [-0.25, -0.2) is 4.98 Å². The van der Waals surface area contributed by atoms with Crippen molar-refractivity contribution in [2.75, 3.05) is 25.2 Å². The highest BCUT2D eigenvalue weighted by Crippen LogP contribution is 2.33. The molecule has 2 fully saturated rings. The maximum atomic E-state index is 11.3. The lowest BCUT2D eigenvalue weighted by atomic mass is 9.90. The Bertz CT molecular complexity index is 475. The molecule has 1 aromatic rings. The van der Waals surface area contributed by atoms with Gasteiger partial charge in [0.25, 0.3) is 0 Å². The highest BCUT2D eigenvalue weighted by molar-refractivity contribution is 7.13. The summed E-state index contributed by atoms with van der Waals surface area (Å²) < 4.78 is 10.6. The van der Waals surface area contributed by atoms with E-state index < -0.39 is 0 Å². The number of carbonyl (C=O) groups excluding carboxylic acids is 1. The second-order valence-electron chi connectivity index (χ2n) is 5.33. The lowest BCUT2D eigenvalue weighted by Crippen LogP contribution is -2.52. The van der Waals surface area contributed by atoms with E-state index in [1.807, 2.05) is 5.38 Å². The van der Waals surface area contributed by atoms with Gasteiger partial charge >= 0.3 is 5.97 Å². The minimum Gasteiger partial charge on any atom is -0.469 e. The van der Waals surface area contributed by atoms with E-state index in [4.69, 9.17) is 4.74 Å². The lowest BCUT2D eigenvalue weighted by Gasteiger charge is -2.43. The molecule has 0 amide bonds. The quantitative estimate of drug-likeness (QED) is 0.799. The molecule has 1 aliphatic carbocycles.